The van der Waals surface area contributed by atoms with E-state index in [4.69, 9.17) is 4.74 Å². The predicted octanol–water partition coefficient (Wildman–Crippen LogP) is 2.53. The number of ether oxygens (including phenoxy) is 1. The van der Waals surface area contributed by atoms with Crippen LogP contribution in [0, 0.1) is 5.92 Å². The smallest absolute Gasteiger partial charge is 0.243 e. The maximum atomic E-state index is 11.7. The van der Waals surface area contributed by atoms with Gasteiger partial charge in [0, 0.05) is 27.2 Å². The van der Waals surface area contributed by atoms with Gasteiger partial charge in [0.2, 0.25) is 5.91 Å². The number of benzene rings is 1. The average molecular weight is 476 g/mol. The highest BCUT2D eigenvalue weighted by molar-refractivity contribution is 14.0. The summed E-state index contributed by atoms with van der Waals surface area (Å²) in [4.78, 5) is 17.6. The Balaban J connectivity index is 0.00000625. The van der Waals surface area contributed by atoms with Crippen molar-refractivity contribution in [3.05, 3.63) is 29.8 Å². The Bertz CT molecular complexity index is 562. The van der Waals surface area contributed by atoms with Crippen LogP contribution in [0.3, 0.4) is 0 Å². The van der Waals surface area contributed by atoms with Gasteiger partial charge in [0.25, 0.3) is 0 Å². The average Bonchev–Trinajstić information content (AvgIpc) is 2.57. The van der Waals surface area contributed by atoms with Gasteiger partial charge in [0.05, 0.1) is 6.61 Å². The molecule has 0 fully saturated rings. The van der Waals surface area contributed by atoms with Crippen LogP contribution < -0.4 is 15.4 Å². The Labute approximate surface area is 174 Å². The van der Waals surface area contributed by atoms with E-state index in [1.807, 2.05) is 19.1 Å². The molecule has 1 aromatic rings. The summed E-state index contributed by atoms with van der Waals surface area (Å²) in [6.07, 6.45) is 0.852. The third-order valence-corrected chi connectivity index (χ3v) is 3.46. The van der Waals surface area contributed by atoms with Gasteiger partial charge in [-0.05, 0) is 37.0 Å². The lowest BCUT2D eigenvalue weighted by atomic mass is 10.1. The van der Waals surface area contributed by atoms with Crippen molar-refractivity contribution in [2.24, 2.45) is 10.9 Å². The van der Waals surface area contributed by atoms with E-state index < -0.39 is 0 Å². The molecule has 26 heavy (non-hydrogen) atoms. The van der Waals surface area contributed by atoms with E-state index in [2.05, 4.69) is 41.6 Å². The summed E-state index contributed by atoms with van der Waals surface area (Å²) in [5.74, 6) is 2.04. The first-order valence-electron chi connectivity index (χ1n) is 8.86. The van der Waals surface area contributed by atoms with Gasteiger partial charge in [-0.15, -0.1) is 24.0 Å². The van der Waals surface area contributed by atoms with Crippen molar-refractivity contribution in [1.29, 1.82) is 0 Å². The van der Waals surface area contributed by atoms with Gasteiger partial charge in [-0.1, -0.05) is 26.0 Å². The number of rotatable bonds is 9. The summed E-state index contributed by atoms with van der Waals surface area (Å²) in [5, 5.41) is 6.57. The number of nitrogens with zero attached hydrogens (tertiary/aromatic N) is 2. The minimum atomic E-state index is -0.0185. The zero-order valence-electron chi connectivity index (χ0n) is 16.5. The second kappa shape index (κ2) is 13.7. The van der Waals surface area contributed by atoms with Gasteiger partial charge in [-0.2, -0.15) is 0 Å². The molecule has 0 unspecified atom stereocenters. The molecule has 0 saturated heterocycles. The Morgan fingerprint density at radius 2 is 2.00 bits per heavy atom. The zero-order chi connectivity index (χ0) is 18.7. The number of carbonyl (C=O) groups excluding carboxylic acids is 1. The molecular weight excluding hydrogens is 443 g/mol. The molecule has 1 rings (SSSR count). The van der Waals surface area contributed by atoms with Gasteiger partial charge < -0.3 is 20.3 Å². The minimum Gasteiger partial charge on any atom is -0.494 e. The molecule has 0 heterocycles. The van der Waals surface area contributed by atoms with Gasteiger partial charge in [-0.25, -0.2) is 4.99 Å². The third-order valence-electron chi connectivity index (χ3n) is 3.46. The van der Waals surface area contributed by atoms with E-state index in [9.17, 15) is 4.79 Å². The largest absolute Gasteiger partial charge is 0.494 e. The number of hydrogen-bond acceptors (Lipinski definition) is 3. The highest BCUT2D eigenvalue weighted by atomic mass is 127. The van der Waals surface area contributed by atoms with Crippen molar-refractivity contribution in [1.82, 2.24) is 15.5 Å². The number of guanidine groups is 1. The van der Waals surface area contributed by atoms with Crippen molar-refractivity contribution < 1.29 is 9.53 Å². The summed E-state index contributed by atoms with van der Waals surface area (Å²) >= 11 is 0. The molecule has 148 valence electrons. The maximum absolute atomic E-state index is 11.7. The SMILES string of the molecule is CCOc1cccc(CCNC(=NCC(=O)N(C)C)NCC(C)C)c1.I. The van der Waals surface area contributed by atoms with Crippen LogP contribution in [-0.2, 0) is 11.2 Å². The summed E-state index contributed by atoms with van der Waals surface area (Å²) in [6, 6.07) is 8.10. The lowest BCUT2D eigenvalue weighted by Gasteiger charge is -2.15. The number of hydrogen-bond donors (Lipinski definition) is 2. The number of carbonyl (C=O) groups is 1. The molecule has 0 atom stereocenters. The van der Waals surface area contributed by atoms with Crippen molar-refractivity contribution in [3.63, 3.8) is 0 Å². The molecule has 0 aliphatic carbocycles. The molecule has 0 aromatic heterocycles. The Kier molecular flexibility index (Phi) is 12.9. The van der Waals surface area contributed by atoms with Crippen LogP contribution in [-0.4, -0.2) is 57.1 Å². The predicted molar refractivity (Wildman–Crippen MR) is 119 cm³/mol. The Morgan fingerprint density at radius 1 is 1.27 bits per heavy atom. The molecule has 1 aromatic carbocycles. The molecule has 0 saturated carbocycles. The van der Waals surface area contributed by atoms with Gasteiger partial charge in [-0.3, -0.25) is 4.79 Å². The lowest BCUT2D eigenvalue weighted by molar-refractivity contribution is -0.127. The molecule has 2 N–H and O–H groups in total. The standard InChI is InChI=1S/C19H32N4O2.HI/c1-6-25-17-9-7-8-16(12-17)10-11-20-19(21-13-15(2)3)22-14-18(24)23(4)5;/h7-9,12,15H,6,10-11,13-14H2,1-5H3,(H2,20,21,22);1H. The summed E-state index contributed by atoms with van der Waals surface area (Å²) < 4.78 is 5.53. The van der Waals surface area contributed by atoms with Crippen molar-refractivity contribution in [3.8, 4) is 5.75 Å². The Hall–Kier alpha value is -1.51. The first kappa shape index (κ1) is 24.5. The van der Waals surface area contributed by atoms with Crippen molar-refractivity contribution >= 4 is 35.8 Å². The van der Waals surface area contributed by atoms with E-state index >= 15 is 0 Å². The monoisotopic (exact) mass is 476 g/mol. The van der Waals surface area contributed by atoms with E-state index in [-0.39, 0.29) is 36.4 Å². The number of amides is 1. The fourth-order valence-corrected chi connectivity index (χ4v) is 2.05. The van der Waals surface area contributed by atoms with Gasteiger partial charge in [0.1, 0.15) is 12.3 Å². The van der Waals surface area contributed by atoms with E-state index in [0.29, 0.717) is 18.5 Å². The molecule has 6 nitrogen and oxygen atoms in total. The topological polar surface area (TPSA) is 66.0 Å². The van der Waals surface area contributed by atoms with Crippen LogP contribution in [0.2, 0.25) is 0 Å². The summed E-state index contributed by atoms with van der Waals surface area (Å²) in [6.45, 7) is 8.59. The molecule has 0 aliphatic rings. The highest BCUT2D eigenvalue weighted by Gasteiger charge is 2.05. The first-order chi connectivity index (χ1) is 11.9. The van der Waals surface area contributed by atoms with Crippen LogP contribution in [0.4, 0.5) is 0 Å². The van der Waals surface area contributed by atoms with Crippen LogP contribution in [0.25, 0.3) is 0 Å². The second-order valence-corrected chi connectivity index (χ2v) is 6.48. The fourth-order valence-electron chi connectivity index (χ4n) is 2.05. The Morgan fingerprint density at radius 3 is 2.62 bits per heavy atom. The number of nitrogens with one attached hydrogen (secondary N) is 2. The minimum absolute atomic E-state index is 0. The molecular formula is C19H33IN4O2. The molecule has 0 bridgehead atoms. The van der Waals surface area contributed by atoms with E-state index in [1.165, 1.54) is 5.56 Å². The zero-order valence-corrected chi connectivity index (χ0v) is 18.9. The van der Waals surface area contributed by atoms with Crippen molar-refractivity contribution in [2.75, 3.05) is 40.3 Å². The van der Waals surface area contributed by atoms with Crippen LogP contribution in [0.15, 0.2) is 29.3 Å². The fraction of sp³-hybridized carbons (Fsp3) is 0.579. The number of likely N-dealkylation sites (N-methyl/N-ethyl adjacent to an activating group) is 1. The summed E-state index contributed by atoms with van der Waals surface area (Å²) in [7, 11) is 3.47. The van der Waals surface area contributed by atoms with Crippen LogP contribution in [0.5, 0.6) is 5.75 Å². The van der Waals surface area contributed by atoms with Crippen LogP contribution >= 0.6 is 24.0 Å². The van der Waals surface area contributed by atoms with Crippen LogP contribution in [0.1, 0.15) is 26.3 Å². The normalized spacial score (nSPS) is 10.9. The first-order valence-corrected chi connectivity index (χ1v) is 8.86. The second-order valence-electron chi connectivity index (χ2n) is 6.48. The number of halogens is 1. The number of aliphatic imine (C=N–C) groups is 1. The van der Waals surface area contributed by atoms with E-state index in [0.717, 1.165) is 25.3 Å². The lowest BCUT2D eigenvalue weighted by Crippen LogP contribution is -2.41. The molecule has 0 aliphatic heterocycles. The van der Waals surface area contributed by atoms with Crippen molar-refractivity contribution in [2.45, 2.75) is 27.2 Å². The molecule has 0 radical (unpaired) electrons. The van der Waals surface area contributed by atoms with E-state index in [1.54, 1.807) is 19.0 Å². The molecule has 0 spiro atoms. The van der Waals surface area contributed by atoms with Gasteiger partial charge in [0.15, 0.2) is 5.96 Å². The summed E-state index contributed by atoms with van der Waals surface area (Å²) in [5.41, 5.74) is 1.20. The third kappa shape index (κ3) is 10.5. The quantitative estimate of drug-likeness (QED) is 0.327. The maximum Gasteiger partial charge on any atom is 0.243 e. The highest BCUT2D eigenvalue weighted by Crippen LogP contribution is 2.13. The molecule has 7 heteroatoms. The molecule has 1 amide bonds. The van der Waals surface area contributed by atoms with Gasteiger partial charge >= 0.3 is 0 Å².